The van der Waals surface area contributed by atoms with Gasteiger partial charge in [0.25, 0.3) is 0 Å². The third-order valence-electron chi connectivity index (χ3n) is 15.8. The average molecular weight is 919 g/mol. The maximum atomic E-state index is 2.52. The van der Waals surface area contributed by atoms with E-state index in [1.165, 1.54) is 72.3 Å². The molecule has 0 bridgehead atoms. The van der Waals surface area contributed by atoms with Crippen LogP contribution in [0.15, 0.2) is 267 Å². The summed E-state index contributed by atoms with van der Waals surface area (Å²) >= 11 is 0. The van der Waals surface area contributed by atoms with Crippen LogP contribution < -0.4 is 9.80 Å². The lowest BCUT2D eigenvalue weighted by Gasteiger charge is -2.33. The monoisotopic (exact) mass is 918 g/mol. The molecule has 3 aliphatic carbocycles. The van der Waals surface area contributed by atoms with E-state index in [-0.39, 0.29) is 5.41 Å². The normalized spacial score (nSPS) is 15.0. The maximum absolute atomic E-state index is 2.52. The molecule has 0 fully saturated rings. The van der Waals surface area contributed by atoms with Crippen LogP contribution in [0.5, 0.6) is 0 Å². The van der Waals surface area contributed by atoms with E-state index in [9.17, 15) is 0 Å². The Balaban J connectivity index is 1.03. The molecule has 1 atom stereocenters. The Bertz CT molecular complexity index is 3890. The first-order valence-electron chi connectivity index (χ1n) is 25.2. The van der Waals surface area contributed by atoms with Gasteiger partial charge in [-0.25, -0.2) is 0 Å². The third kappa shape index (κ3) is 6.15. The molecular weight excluding hydrogens is 869 g/mol. The fourth-order valence-corrected chi connectivity index (χ4v) is 12.8. The number of para-hydroxylation sites is 3. The predicted octanol–water partition coefficient (Wildman–Crippen LogP) is 18.6. The van der Waals surface area contributed by atoms with Gasteiger partial charge in [0, 0.05) is 39.4 Å². The fraction of sp³-hybridized carbons (Fsp3) is 0.0571. The number of nitrogens with zero attached hydrogens (tertiary/aromatic N) is 2. The predicted molar refractivity (Wildman–Crippen MR) is 301 cm³/mol. The van der Waals surface area contributed by atoms with Gasteiger partial charge in [-0.2, -0.15) is 0 Å². The zero-order valence-corrected chi connectivity index (χ0v) is 40.3. The Hall–Kier alpha value is -8.98. The zero-order chi connectivity index (χ0) is 48.0. The van der Waals surface area contributed by atoms with Gasteiger partial charge in [0.1, 0.15) is 0 Å². The van der Waals surface area contributed by atoms with Crippen LogP contribution in [0.25, 0.3) is 55.6 Å². The molecule has 1 unspecified atom stereocenters. The van der Waals surface area contributed by atoms with Gasteiger partial charge in [-0.05, 0) is 144 Å². The fourth-order valence-electron chi connectivity index (χ4n) is 12.8. The van der Waals surface area contributed by atoms with E-state index in [0.29, 0.717) is 0 Å². The quantitative estimate of drug-likeness (QED) is 0.150. The Morgan fingerprint density at radius 2 is 0.708 bits per heavy atom. The highest BCUT2D eigenvalue weighted by Gasteiger charge is 2.54. The largest absolute Gasteiger partial charge is 0.310 e. The molecule has 0 N–H and O–H groups in total. The molecule has 3 aliphatic rings. The van der Waals surface area contributed by atoms with Gasteiger partial charge in [0.05, 0.1) is 11.1 Å². The van der Waals surface area contributed by atoms with Gasteiger partial charge < -0.3 is 9.80 Å². The number of fused-ring (bicyclic) bond motifs is 14. The molecule has 340 valence electrons. The Kier molecular flexibility index (Phi) is 9.50. The van der Waals surface area contributed by atoms with E-state index < -0.39 is 5.41 Å². The van der Waals surface area contributed by atoms with Crippen molar-refractivity contribution < 1.29 is 0 Å². The smallest absolute Gasteiger partial charge is 0.0726 e. The summed E-state index contributed by atoms with van der Waals surface area (Å²) in [5.41, 5.74) is 26.5. The summed E-state index contributed by atoms with van der Waals surface area (Å²) in [7, 11) is 0. The molecule has 1 spiro atoms. The minimum Gasteiger partial charge on any atom is -0.310 e. The molecule has 2 nitrogen and oxygen atoms in total. The second-order valence-corrected chi connectivity index (χ2v) is 20.0. The molecule has 2 heteroatoms. The van der Waals surface area contributed by atoms with E-state index in [4.69, 9.17) is 0 Å². The van der Waals surface area contributed by atoms with Crippen LogP contribution >= 0.6 is 0 Å². The summed E-state index contributed by atoms with van der Waals surface area (Å²) in [6, 6.07) is 98.9. The lowest BCUT2D eigenvalue weighted by molar-refractivity contribution is 0.660. The molecule has 0 saturated carbocycles. The lowest BCUT2D eigenvalue weighted by Crippen LogP contribution is -2.26. The number of hydrogen-bond donors (Lipinski definition) is 0. The van der Waals surface area contributed by atoms with Crippen molar-refractivity contribution in [2.75, 3.05) is 9.80 Å². The van der Waals surface area contributed by atoms with Crippen LogP contribution in [0, 0.1) is 0 Å². The molecule has 0 saturated heterocycles. The van der Waals surface area contributed by atoms with E-state index in [1.54, 1.807) is 0 Å². The molecule has 11 aromatic carbocycles. The van der Waals surface area contributed by atoms with Crippen LogP contribution in [-0.4, -0.2) is 0 Å². The van der Waals surface area contributed by atoms with Gasteiger partial charge in [0.15, 0.2) is 0 Å². The lowest BCUT2D eigenvalue weighted by atomic mass is 9.70. The van der Waals surface area contributed by atoms with Crippen LogP contribution in [0.4, 0.5) is 34.1 Å². The number of anilines is 6. The second kappa shape index (κ2) is 16.3. The van der Waals surface area contributed by atoms with Gasteiger partial charge >= 0.3 is 0 Å². The second-order valence-electron chi connectivity index (χ2n) is 20.0. The molecule has 11 aromatic rings. The Morgan fingerprint density at radius 1 is 0.250 bits per heavy atom. The van der Waals surface area contributed by atoms with Gasteiger partial charge in [0.2, 0.25) is 0 Å². The highest BCUT2D eigenvalue weighted by atomic mass is 15.2. The van der Waals surface area contributed by atoms with Crippen LogP contribution in [0.3, 0.4) is 0 Å². The van der Waals surface area contributed by atoms with Gasteiger partial charge in [-0.15, -0.1) is 0 Å². The summed E-state index contributed by atoms with van der Waals surface area (Å²) < 4.78 is 0. The van der Waals surface area contributed by atoms with Crippen molar-refractivity contribution in [1.82, 2.24) is 0 Å². The van der Waals surface area contributed by atoms with Crippen molar-refractivity contribution in [3.63, 3.8) is 0 Å². The van der Waals surface area contributed by atoms with E-state index in [1.807, 2.05) is 0 Å². The summed E-state index contributed by atoms with van der Waals surface area (Å²) in [6.07, 6.45) is 0. The first kappa shape index (κ1) is 41.9. The molecular formula is C70H50N2. The van der Waals surface area contributed by atoms with Crippen molar-refractivity contribution >= 4 is 34.1 Å². The average Bonchev–Trinajstić information content (AvgIpc) is 4.00. The summed E-state index contributed by atoms with van der Waals surface area (Å²) in [5, 5.41) is 0. The molecule has 0 aliphatic heterocycles. The van der Waals surface area contributed by atoms with E-state index in [2.05, 4.69) is 291 Å². The van der Waals surface area contributed by atoms with Crippen LogP contribution in [0.1, 0.15) is 47.2 Å². The number of hydrogen-bond acceptors (Lipinski definition) is 2. The number of benzene rings is 11. The van der Waals surface area contributed by atoms with E-state index in [0.717, 1.165) is 50.8 Å². The highest BCUT2D eigenvalue weighted by Crippen LogP contribution is 2.67. The van der Waals surface area contributed by atoms with Crippen molar-refractivity contribution in [3.05, 3.63) is 300 Å². The summed E-state index contributed by atoms with van der Waals surface area (Å²) in [4.78, 5) is 4.91. The van der Waals surface area contributed by atoms with Crippen molar-refractivity contribution in [1.29, 1.82) is 0 Å². The first-order valence-corrected chi connectivity index (χ1v) is 25.2. The minimum atomic E-state index is -0.546. The van der Waals surface area contributed by atoms with Gasteiger partial charge in [-0.1, -0.05) is 220 Å². The molecule has 0 heterocycles. The molecule has 72 heavy (non-hydrogen) atoms. The maximum Gasteiger partial charge on any atom is 0.0726 e. The van der Waals surface area contributed by atoms with Crippen molar-refractivity contribution in [3.8, 4) is 55.6 Å². The highest BCUT2D eigenvalue weighted by molar-refractivity contribution is 6.04. The van der Waals surface area contributed by atoms with Crippen molar-refractivity contribution in [2.45, 2.75) is 24.7 Å². The standard InChI is InChI=1S/C70H50N2/c1-69(2)60-35-19-16-33-58(60)67-63(69)41-42-64-68(67)59-34-17-21-37-62(59)70(64)61-36-20-15-32-56(61)57-40-39-52(46-65(57)70)71(50-27-11-5-12-28-50)53-43-49(47-23-7-3-8-24-47)44-54(45-53)72(51-29-13-6-14-30-51)66-38-22-18-31-55(66)48-25-9-4-10-26-48/h3-46H,1-2H3. The van der Waals surface area contributed by atoms with Crippen molar-refractivity contribution in [2.24, 2.45) is 0 Å². The number of rotatable bonds is 8. The summed E-state index contributed by atoms with van der Waals surface area (Å²) in [5.74, 6) is 0. The first-order chi connectivity index (χ1) is 35.5. The SMILES string of the molecule is CC1(C)c2ccccc2-c2c1ccc1c2-c2ccccc2C12c1ccccc1-c1ccc(N(c3ccccc3)c3cc(-c4ccccc4)cc(N(c4ccccc4)c4ccccc4-c4ccccc4)c3)cc12. The third-order valence-corrected chi connectivity index (χ3v) is 15.8. The molecule has 14 rings (SSSR count). The van der Waals surface area contributed by atoms with E-state index >= 15 is 0 Å². The Labute approximate surface area is 422 Å². The van der Waals surface area contributed by atoms with Gasteiger partial charge in [-0.3, -0.25) is 0 Å². The van der Waals surface area contributed by atoms with Crippen LogP contribution in [0.2, 0.25) is 0 Å². The zero-order valence-electron chi connectivity index (χ0n) is 40.3. The van der Waals surface area contributed by atoms with Crippen LogP contribution in [-0.2, 0) is 10.8 Å². The molecule has 0 amide bonds. The summed E-state index contributed by atoms with van der Waals surface area (Å²) in [6.45, 7) is 4.79. The Morgan fingerprint density at radius 3 is 1.38 bits per heavy atom. The topological polar surface area (TPSA) is 6.48 Å². The molecule has 0 radical (unpaired) electrons. The minimum absolute atomic E-state index is 0.118. The molecule has 0 aromatic heterocycles.